The van der Waals surface area contributed by atoms with E-state index < -0.39 is 6.10 Å². The molecule has 0 aliphatic rings. The summed E-state index contributed by atoms with van der Waals surface area (Å²) in [6.07, 6.45) is 3.93. The van der Waals surface area contributed by atoms with E-state index in [2.05, 4.69) is 9.88 Å². The van der Waals surface area contributed by atoms with Gasteiger partial charge in [-0.25, -0.2) is 0 Å². The number of aliphatic hydroxyl groups is 1. The second-order valence-electron chi connectivity index (χ2n) is 4.97. The van der Waals surface area contributed by atoms with E-state index in [0.717, 1.165) is 29.7 Å². The fraction of sp³-hybridized carbons (Fsp3) is 0.312. The zero-order chi connectivity index (χ0) is 13.7. The number of aliphatic hydroxyl groups excluding tert-OH is 1. The largest absolute Gasteiger partial charge is 0.388 e. The summed E-state index contributed by atoms with van der Waals surface area (Å²) >= 11 is 0. The average molecular weight is 256 g/mol. The van der Waals surface area contributed by atoms with Crippen LogP contribution in [0.1, 0.15) is 18.1 Å². The number of hydrogen-bond donors (Lipinski definition) is 1. The molecule has 0 saturated carbocycles. The molecule has 1 N–H and O–H groups in total. The molecule has 0 aliphatic heterocycles. The topological polar surface area (TPSA) is 36.4 Å². The Morgan fingerprint density at radius 1 is 1.00 bits per heavy atom. The lowest BCUT2D eigenvalue weighted by Crippen LogP contribution is -2.15. The molecule has 1 atom stereocenters. The highest BCUT2D eigenvalue weighted by molar-refractivity contribution is 5.62. The van der Waals surface area contributed by atoms with Gasteiger partial charge in [-0.15, -0.1) is 0 Å². The summed E-state index contributed by atoms with van der Waals surface area (Å²) in [6, 6.07) is 12.0. The Hall–Kier alpha value is -1.71. The Morgan fingerprint density at radius 3 is 2.16 bits per heavy atom. The quantitative estimate of drug-likeness (QED) is 0.893. The minimum absolute atomic E-state index is 0.395. The number of aromatic nitrogens is 1. The van der Waals surface area contributed by atoms with Crippen molar-refractivity contribution in [1.29, 1.82) is 0 Å². The van der Waals surface area contributed by atoms with Gasteiger partial charge >= 0.3 is 0 Å². The Kier molecular flexibility index (Phi) is 4.66. The van der Waals surface area contributed by atoms with Crippen LogP contribution in [-0.4, -0.2) is 35.6 Å². The molecule has 0 fully saturated rings. The Balaban J connectivity index is 2.06. The average Bonchev–Trinajstić information content (AvgIpc) is 2.46. The first-order chi connectivity index (χ1) is 9.16. The molecule has 1 aromatic carbocycles. The van der Waals surface area contributed by atoms with E-state index in [9.17, 15) is 5.11 Å². The molecule has 1 aromatic heterocycles. The number of hydrogen-bond acceptors (Lipinski definition) is 3. The van der Waals surface area contributed by atoms with Crippen LogP contribution in [0.2, 0.25) is 0 Å². The lowest BCUT2D eigenvalue weighted by atomic mass is 10.0. The van der Waals surface area contributed by atoms with Crippen LogP contribution in [0.3, 0.4) is 0 Å². The molecule has 100 valence electrons. The van der Waals surface area contributed by atoms with Gasteiger partial charge in [0.2, 0.25) is 0 Å². The van der Waals surface area contributed by atoms with Crippen molar-refractivity contribution in [3.8, 4) is 11.1 Å². The Morgan fingerprint density at radius 2 is 1.58 bits per heavy atom. The van der Waals surface area contributed by atoms with Crippen LogP contribution in [0.15, 0.2) is 48.8 Å². The van der Waals surface area contributed by atoms with Crippen molar-refractivity contribution >= 4 is 0 Å². The van der Waals surface area contributed by atoms with Crippen LogP contribution in [-0.2, 0) is 0 Å². The highest BCUT2D eigenvalue weighted by Crippen LogP contribution is 2.22. The fourth-order valence-corrected chi connectivity index (χ4v) is 1.99. The predicted octanol–water partition coefficient (Wildman–Crippen LogP) is 2.73. The lowest BCUT2D eigenvalue weighted by molar-refractivity contribution is 0.154. The van der Waals surface area contributed by atoms with Gasteiger partial charge in [0.05, 0.1) is 6.10 Å². The Bertz CT molecular complexity index is 494. The first-order valence-electron chi connectivity index (χ1n) is 6.50. The molecule has 0 saturated heterocycles. The van der Waals surface area contributed by atoms with E-state index in [1.165, 1.54) is 0 Å². The minimum atomic E-state index is -0.395. The molecule has 1 unspecified atom stereocenters. The van der Waals surface area contributed by atoms with Crippen LogP contribution >= 0.6 is 0 Å². The third-order valence-electron chi connectivity index (χ3n) is 3.16. The van der Waals surface area contributed by atoms with Gasteiger partial charge < -0.3 is 10.0 Å². The number of benzene rings is 1. The van der Waals surface area contributed by atoms with Gasteiger partial charge in [-0.2, -0.15) is 0 Å². The van der Waals surface area contributed by atoms with Gasteiger partial charge in [-0.1, -0.05) is 24.3 Å². The lowest BCUT2D eigenvalue weighted by Gasteiger charge is -2.15. The maximum atomic E-state index is 10.1. The number of pyridine rings is 1. The monoisotopic (exact) mass is 256 g/mol. The normalized spacial score (nSPS) is 12.6. The molecule has 0 aliphatic carbocycles. The molecule has 1 heterocycles. The summed E-state index contributed by atoms with van der Waals surface area (Å²) in [5.74, 6) is 0. The van der Waals surface area contributed by atoms with E-state index in [1.54, 1.807) is 12.4 Å². The summed E-state index contributed by atoms with van der Waals surface area (Å²) in [6.45, 7) is 0.882. The van der Waals surface area contributed by atoms with Gasteiger partial charge in [0.15, 0.2) is 0 Å². The van der Waals surface area contributed by atoms with Crippen LogP contribution in [0, 0.1) is 0 Å². The van der Waals surface area contributed by atoms with Crippen LogP contribution in [0.4, 0.5) is 0 Å². The van der Waals surface area contributed by atoms with Crippen molar-refractivity contribution in [2.24, 2.45) is 0 Å². The summed E-state index contributed by atoms with van der Waals surface area (Å²) < 4.78 is 0. The standard InChI is InChI=1S/C16H20N2O/c1-18(2)12-9-16(19)15-5-3-13(4-6-15)14-7-10-17-11-8-14/h3-8,10-11,16,19H,9,12H2,1-2H3. The summed E-state index contributed by atoms with van der Waals surface area (Å²) in [5.41, 5.74) is 3.26. The van der Waals surface area contributed by atoms with Crippen molar-refractivity contribution in [2.75, 3.05) is 20.6 Å². The zero-order valence-electron chi connectivity index (χ0n) is 11.5. The predicted molar refractivity (Wildman–Crippen MR) is 77.8 cm³/mol. The van der Waals surface area contributed by atoms with Crippen LogP contribution in [0.5, 0.6) is 0 Å². The highest BCUT2D eigenvalue weighted by atomic mass is 16.3. The molecule has 0 bridgehead atoms. The molecule has 3 heteroatoms. The summed E-state index contributed by atoms with van der Waals surface area (Å²) in [5, 5.41) is 10.1. The van der Waals surface area contributed by atoms with Crippen molar-refractivity contribution in [1.82, 2.24) is 9.88 Å². The van der Waals surface area contributed by atoms with Gasteiger partial charge in [0.25, 0.3) is 0 Å². The molecular formula is C16H20N2O. The minimum Gasteiger partial charge on any atom is -0.388 e. The van der Waals surface area contributed by atoms with Crippen molar-refractivity contribution < 1.29 is 5.11 Å². The number of rotatable bonds is 5. The number of nitrogens with zero attached hydrogens (tertiary/aromatic N) is 2. The SMILES string of the molecule is CN(C)CCC(O)c1ccc(-c2ccncc2)cc1. The maximum absolute atomic E-state index is 10.1. The summed E-state index contributed by atoms with van der Waals surface area (Å²) in [4.78, 5) is 6.09. The van der Waals surface area contributed by atoms with Crippen molar-refractivity contribution in [3.63, 3.8) is 0 Å². The molecule has 3 nitrogen and oxygen atoms in total. The molecule has 2 aromatic rings. The van der Waals surface area contributed by atoms with Crippen LogP contribution < -0.4 is 0 Å². The second kappa shape index (κ2) is 6.45. The zero-order valence-corrected chi connectivity index (χ0v) is 11.5. The fourth-order valence-electron chi connectivity index (χ4n) is 1.99. The highest BCUT2D eigenvalue weighted by Gasteiger charge is 2.08. The van der Waals surface area contributed by atoms with E-state index in [1.807, 2.05) is 50.5 Å². The molecule has 0 spiro atoms. The van der Waals surface area contributed by atoms with Gasteiger partial charge in [0, 0.05) is 18.9 Å². The van der Waals surface area contributed by atoms with E-state index >= 15 is 0 Å². The van der Waals surface area contributed by atoms with Crippen molar-refractivity contribution in [3.05, 3.63) is 54.4 Å². The molecule has 19 heavy (non-hydrogen) atoms. The molecular weight excluding hydrogens is 236 g/mol. The maximum Gasteiger partial charge on any atom is 0.0802 e. The van der Waals surface area contributed by atoms with Crippen molar-refractivity contribution in [2.45, 2.75) is 12.5 Å². The third-order valence-corrected chi connectivity index (χ3v) is 3.16. The molecule has 2 rings (SSSR count). The van der Waals surface area contributed by atoms with E-state index in [-0.39, 0.29) is 0 Å². The van der Waals surface area contributed by atoms with Gasteiger partial charge in [-0.05, 0) is 49.3 Å². The second-order valence-corrected chi connectivity index (χ2v) is 4.97. The third kappa shape index (κ3) is 3.88. The first-order valence-corrected chi connectivity index (χ1v) is 6.50. The van der Waals surface area contributed by atoms with Crippen LogP contribution in [0.25, 0.3) is 11.1 Å². The smallest absolute Gasteiger partial charge is 0.0802 e. The van der Waals surface area contributed by atoms with E-state index in [4.69, 9.17) is 0 Å². The first kappa shape index (κ1) is 13.7. The summed E-state index contributed by atoms with van der Waals surface area (Å²) in [7, 11) is 4.03. The molecule has 0 amide bonds. The van der Waals surface area contributed by atoms with E-state index in [0.29, 0.717) is 0 Å². The van der Waals surface area contributed by atoms with Gasteiger partial charge in [-0.3, -0.25) is 4.98 Å². The Labute approximate surface area is 114 Å². The molecule has 0 radical (unpaired) electrons. The van der Waals surface area contributed by atoms with Gasteiger partial charge in [0.1, 0.15) is 0 Å².